The van der Waals surface area contributed by atoms with Crippen LogP contribution in [0.15, 0.2) is 18.2 Å². The van der Waals surface area contributed by atoms with Gasteiger partial charge in [-0.05, 0) is 18.2 Å². The molecule has 0 atom stereocenters. The number of hydrogen-bond acceptors (Lipinski definition) is 3. The molecule has 0 unspecified atom stereocenters. The molecule has 0 fully saturated rings. The van der Waals surface area contributed by atoms with Gasteiger partial charge in [-0.25, -0.2) is 4.79 Å². The van der Waals surface area contributed by atoms with E-state index in [0.717, 1.165) is 0 Å². The number of rotatable bonds is 4. The van der Waals surface area contributed by atoms with Crippen LogP contribution in [0, 0.1) is 5.41 Å². The van der Waals surface area contributed by atoms with Gasteiger partial charge in [0.2, 0.25) is 11.8 Å². The molecular weight excluding hydrogens is 296 g/mol. The van der Waals surface area contributed by atoms with Crippen LogP contribution in [-0.2, 0) is 9.59 Å². The van der Waals surface area contributed by atoms with Gasteiger partial charge in [0, 0.05) is 10.4 Å². The molecule has 2 amide bonds. The number of benzene rings is 1. The lowest BCUT2D eigenvalue weighted by molar-refractivity contribution is -0.130. The fourth-order valence-electron chi connectivity index (χ4n) is 1.42. The van der Waals surface area contributed by atoms with Crippen LogP contribution in [0.3, 0.4) is 0 Å². The lowest BCUT2D eigenvalue weighted by Crippen LogP contribution is -2.39. The van der Waals surface area contributed by atoms with Gasteiger partial charge in [0.25, 0.3) is 0 Å². The summed E-state index contributed by atoms with van der Waals surface area (Å²) in [6.45, 7) is 4.93. The predicted molar refractivity (Wildman–Crippen MR) is 79.5 cm³/mol. The number of amides is 2. The summed E-state index contributed by atoms with van der Waals surface area (Å²) >= 11 is 5.72. The van der Waals surface area contributed by atoms with E-state index < -0.39 is 17.3 Å². The third kappa shape index (κ3) is 5.07. The highest BCUT2D eigenvalue weighted by Crippen LogP contribution is 2.20. The highest BCUT2D eigenvalue weighted by molar-refractivity contribution is 6.31. The maximum atomic E-state index is 11.8. The zero-order valence-electron chi connectivity index (χ0n) is 12.0. The van der Waals surface area contributed by atoms with Crippen LogP contribution in [0.1, 0.15) is 31.1 Å². The molecule has 21 heavy (non-hydrogen) atoms. The lowest BCUT2D eigenvalue weighted by Gasteiger charge is -2.17. The molecule has 0 saturated carbocycles. The molecule has 0 heterocycles. The average molecular weight is 313 g/mol. The zero-order valence-corrected chi connectivity index (χ0v) is 12.7. The number of carboxylic acid groups (broad SMARTS) is 1. The number of hydrogen-bond donors (Lipinski definition) is 3. The minimum Gasteiger partial charge on any atom is -0.478 e. The number of nitrogens with one attached hydrogen (secondary N) is 2. The molecule has 1 aromatic rings. The van der Waals surface area contributed by atoms with Crippen LogP contribution >= 0.6 is 11.6 Å². The van der Waals surface area contributed by atoms with Gasteiger partial charge in [-0.3, -0.25) is 9.59 Å². The molecule has 0 radical (unpaired) electrons. The van der Waals surface area contributed by atoms with Crippen molar-refractivity contribution in [1.82, 2.24) is 5.32 Å². The smallest absolute Gasteiger partial charge is 0.337 e. The third-order valence-electron chi connectivity index (χ3n) is 2.58. The molecule has 3 N–H and O–H groups in total. The highest BCUT2D eigenvalue weighted by Gasteiger charge is 2.21. The van der Waals surface area contributed by atoms with Crippen LogP contribution < -0.4 is 10.6 Å². The molecule has 7 heteroatoms. The molecule has 1 rings (SSSR count). The maximum Gasteiger partial charge on any atom is 0.337 e. The van der Waals surface area contributed by atoms with Gasteiger partial charge < -0.3 is 15.7 Å². The van der Waals surface area contributed by atoms with Crippen LogP contribution in [0.4, 0.5) is 5.69 Å². The average Bonchev–Trinajstić information content (AvgIpc) is 2.36. The molecule has 0 spiro atoms. The summed E-state index contributed by atoms with van der Waals surface area (Å²) in [5.74, 6) is -1.99. The normalized spacial score (nSPS) is 10.9. The Balaban J connectivity index is 2.72. The Morgan fingerprint density at radius 2 is 1.86 bits per heavy atom. The largest absolute Gasteiger partial charge is 0.478 e. The Hall–Kier alpha value is -2.08. The number of halogens is 1. The second-order valence-electron chi connectivity index (χ2n) is 5.48. The maximum absolute atomic E-state index is 11.8. The topological polar surface area (TPSA) is 95.5 Å². The van der Waals surface area contributed by atoms with E-state index in [0.29, 0.717) is 0 Å². The predicted octanol–water partition coefficient (Wildman–Crippen LogP) is 2.14. The van der Waals surface area contributed by atoms with Gasteiger partial charge in [0.05, 0.1) is 17.8 Å². The number of carboxylic acids is 1. The van der Waals surface area contributed by atoms with Crippen molar-refractivity contribution >= 4 is 35.1 Å². The Morgan fingerprint density at radius 1 is 1.24 bits per heavy atom. The zero-order chi connectivity index (χ0) is 16.2. The van der Waals surface area contributed by atoms with E-state index in [1.165, 1.54) is 18.2 Å². The molecular formula is C14H17ClN2O4. The Kier molecular flexibility index (Phi) is 5.32. The van der Waals surface area contributed by atoms with Crippen molar-refractivity contribution in [2.45, 2.75) is 20.8 Å². The van der Waals surface area contributed by atoms with Crippen LogP contribution in [0.5, 0.6) is 0 Å². The van der Waals surface area contributed by atoms with E-state index in [4.69, 9.17) is 16.7 Å². The Labute approximate surface area is 127 Å². The molecule has 1 aromatic carbocycles. The van der Waals surface area contributed by atoms with Crippen LogP contribution in [0.2, 0.25) is 5.02 Å². The Bertz CT molecular complexity index is 579. The van der Waals surface area contributed by atoms with Gasteiger partial charge in [-0.15, -0.1) is 0 Å². The molecule has 0 saturated heterocycles. The van der Waals surface area contributed by atoms with E-state index >= 15 is 0 Å². The van der Waals surface area contributed by atoms with E-state index in [-0.39, 0.29) is 28.7 Å². The minimum atomic E-state index is -1.20. The fraction of sp³-hybridized carbons (Fsp3) is 0.357. The highest BCUT2D eigenvalue weighted by atomic mass is 35.5. The number of anilines is 1. The molecule has 114 valence electrons. The lowest BCUT2D eigenvalue weighted by atomic mass is 9.96. The summed E-state index contributed by atoms with van der Waals surface area (Å²) in [6.07, 6.45) is 0. The first kappa shape index (κ1) is 17.0. The van der Waals surface area contributed by atoms with E-state index in [2.05, 4.69) is 10.6 Å². The SMILES string of the molecule is CC(C)(C)C(=O)NCC(=O)Nc1ccc(Cl)cc1C(=O)O. The van der Waals surface area contributed by atoms with Crippen molar-refractivity contribution in [3.63, 3.8) is 0 Å². The molecule has 0 aromatic heterocycles. The van der Waals surface area contributed by atoms with Gasteiger partial charge >= 0.3 is 5.97 Å². The van der Waals surface area contributed by atoms with E-state index in [1.807, 2.05) is 0 Å². The summed E-state index contributed by atoms with van der Waals surface area (Å²) in [4.78, 5) is 34.5. The van der Waals surface area contributed by atoms with Crippen molar-refractivity contribution in [3.05, 3.63) is 28.8 Å². The van der Waals surface area contributed by atoms with Crippen LogP contribution in [-0.4, -0.2) is 29.4 Å². The second-order valence-corrected chi connectivity index (χ2v) is 5.91. The summed E-state index contributed by atoms with van der Waals surface area (Å²) in [7, 11) is 0. The summed E-state index contributed by atoms with van der Waals surface area (Å²) in [6, 6.07) is 4.11. The monoisotopic (exact) mass is 312 g/mol. The van der Waals surface area contributed by atoms with Gasteiger partial charge in [0.15, 0.2) is 0 Å². The third-order valence-corrected chi connectivity index (χ3v) is 2.81. The van der Waals surface area contributed by atoms with E-state index in [9.17, 15) is 14.4 Å². The van der Waals surface area contributed by atoms with Gasteiger partial charge in [-0.2, -0.15) is 0 Å². The Morgan fingerprint density at radius 3 is 2.38 bits per heavy atom. The first-order valence-electron chi connectivity index (χ1n) is 6.22. The van der Waals surface area contributed by atoms with Crippen LogP contribution in [0.25, 0.3) is 0 Å². The fourth-order valence-corrected chi connectivity index (χ4v) is 1.59. The summed E-state index contributed by atoms with van der Waals surface area (Å²) < 4.78 is 0. The summed E-state index contributed by atoms with van der Waals surface area (Å²) in [5.41, 5.74) is -0.591. The van der Waals surface area contributed by atoms with Crippen molar-refractivity contribution in [2.75, 3.05) is 11.9 Å². The first-order chi connectivity index (χ1) is 9.61. The summed E-state index contributed by atoms with van der Waals surface area (Å²) in [5, 5.41) is 14.2. The minimum absolute atomic E-state index is 0.113. The van der Waals surface area contributed by atoms with Crippen molar-refractivity contribution < 1.29 is 19.5 Å². The standard InChI is InChI=1S/C14H17ClN2O4/c1-14(2,3)13(21)16-7-11(18)17-10-5-4-8(15)6-9(10)12(19)20/h4-6H,7H2,1-3H3,(H,16,21)(H,17,18)(H,19,20). The van der Waals surface area contributed by atoms with Crippen molar-refractivity contribution in [2.24, 2.45) is 5.41 Å². The molecule has 0 aliphatic heterocycles. The van der Waals surface area contributed by atoms with E-state index in [1.54, 1.807) is 20.8 Å². The molecule has 0 aliphatic carbocycles. The van der Waals surface area contributed by atoms with Crippen molar-refractivity contribution in [1.29, 1.82) is 0 Å². The number of aromatic carboxylic acids is 1. The second kappa shape index (κ2) is 6.58. The quantitative estimate of drug-likeness (QED) is 0.793. The number of carbonyl (C=O) groups excluding carboxylic acids is 2. The van der Waals surface area contributed by atoms with Gasteiger partial charge in [0.1, 0.15) is 0 Å². The first-order valence-corrected chi connectivity index (χ1v) is 6.60. The van der Waals surface area contributed by atoms with Crippen molar-refractivity contribution in [3.8, 4) is 0 Å². The number of carbonyl (C=O) groups is 3. The molecule has 0 bridgehead atoms. The molecule has 0 aliphatic rings. The molecule has 6 nitrogen and oxygen atoms in total. The van der Waals surface area contributed by atoms with Gasteiger partial charge in [-0.1, -0.05) is 32.4 Å².